The number of carbonyl (C=O) groups excluding carboxylic acids is 1. The van der Waals surface area contributed by atoms with Crippen LogP contribution in [-0.2, 0) is 4.79 Å². The van der Waals surface area contributed by atoms with E-state index in [4.69, 9.17) is 4.42 Å². The number of rotatable bonds is 8. The Labute approximate surface area is 191 Å². The number of amides is 1. The van der Waals surface area contributed by atoms with Gasteiger partial charge in [0, 0.05) is 17.1 Å². The minimum Gasteiger partial charge on any atom is -0.400 e. The molecule has 2 aromatic heterocycles. The third-order valence-electron chi connectivity index (χ3n) is 4.37. The van der Waals surface area contributed by atoms with Crippen molar-refractivity contribution in [3.8, 4) is 0 Å². The zero-order valence-corrected chi connectivity index (χ0v) is 18.6. The summed E-state index contributed by atoms with van der Waals surface area (Å²) in [4.78, 5) is 28.9. The monoisotopic (exact) mass is 466 g/mol. The van der Waals surface area contributed by atoms with Crippen molar-refractivity contribution in [3.63, 3.8) is 0 Å². The molecule has 0 spiro atoms. The first-order valence-corrected chi connectivity index (χ1v) is 11.5. The van der Waals surface area contributed by atoms with Gasteiger partial charge in [0.1, 0.15) is 4.92 Å². The molecule has 2 aromatic carbocycles. The van der Waals surface area contributed by atoms with E-state index in [1.54, 1.807) is 11.8 Å². The Kier molecular flexibility index (Phi) is 6.62. The smallest absolute Gasteiger partial charge is 0.400 e. The van der Waals surface area contributed by atoms with Gasteiger partial charge in [0.05, 0.1) is 22.5 Å². The minimum absolute atomic E-state index is 0.171. The van der Waals surface area contributed by atoms with Crippen LogP contribution >= 0.6 is 23.1 Å². The number of benzene rings is 2. The van der Waals surface area contributed by atoms with Gasteiger partial charge in [-0.2, -0.15) is 10.1 Å². The van der Waals surface area contributed by atoms with Crippen molar-refractivity contribution in [2.75, 3.05) is 10.8 Å². The molecular weight excluding hydrogens is 448 g/mol. The van der Waals surface area contributed by atoms with Crippen molar-refractivity contribution in [2.24, 2.45) is 5.10 Å². The molecule has 1 amide bonds. The van der Waals surface area contributed by atoms with Crippen LogP contribution in [0.15, 0.2) is 75.1 Å². The van der Waals surface area contributed by atoms with Gasteiger partial charge in [-0.1, -0.05) is 35.6 Å². The molecule has 0 N–H and O–H groups in total. The highest BCUT2D eigenvalue weighted by atomic mass is 32.2. The van der Waals surface area contributed by atoms with Gasteiger partial charge in [-0.05, 0) is 42.8 Å². The highest BCUT2D eigenvalue weighted by Crippen LogP contribution is 2.30. The standard InChI is InChI=1S/C22H18N4O4S2/c1-15-7-9-18-19(13-15)32-22(24-18)25(23-14-16-8-10-21(30-16)26(28)29)20(27)11-12-31-17-5-3-2-4-6-17/h2-10,13-14H,11-12H2,1H3/b23-14+. The fraction of sp³-hybridized carbons (Fsp3) is 0.136. The highest BCUT2D eigenvalue weighted by molar-refractivity contribution is 7.99. The van der Waals surface area contributed by atoms with Crippen LogP contribution in [0.25, 0.3) is 10.2 Å². The van der Waals surface area contributed by atoms with Crippen LogP contribution < -0.4 is 5.01 Å². The quantitative estimate of drug-likeness (QED) is 0.144. The van der Waals surface area contributed by atoms with Gasteiger partial charge in [0.15, 0.2) is 5.76 Å². The number of thiazole rings is 1. The van der Waals surface area contributed by atoms with E-state index >= 15 is 0 Å². The van der Waals surface area contributed by atoms with Crippen molar-refractivity contribution >= 4 is 56.5 Å². The van der Waals surface area contributed by atoms with E-state index < -0.39 is 4.92 Å². The third kappa shape index (κ3) is 5.21. The first kappa shape index (κ1) is 21.7. The molecule has 32 heavy (non-hydrogen) atoms. The lowest BCUT2D eigenvalue weighted by Gasteiger charge is -2.13. The van der Waals surface area contributed by atoms with Crippen LogP contribution in [0.1, 0.15) is 17.7 Å². The number of fused-ring (bicyclic) bond motifs is 1. The normalized spacial score (nSPS) is 11.3. The lowest BCUT2D eigenvalue weighted by molar-refractivity contribution is -0.402. The number of aryl methyl sites for hydroxylation is 1. The van der Waals surface area contributed by atoms with Crippen molar-refractivity contribution in [1.29, 1.82) is 0 Å². The molecule has 0 fully saturated rings. The Bertz CT molecular complexity index is 1280. The average Bonchev–Trinajstić information content (AvgIpc) is 3.41. The summed E-state index contributed by atoms with van der Waals surface area (Å²) >= 11 is 2.94. The maximum atomic E-state index is 13.0. The van der Waals surface area contributed by atoms with E-state index in [0.29, 0.717) is 10.9 Å². The molecule has 2 heterocycles. The zero-order chi connectivity index (χ0) is 22.5. The average molecular weight is 467 g/mol. The van der Waals surface area contributed by atoms with Gasteiger partial charge in [-0.3, -0.25) is 14.9 Å². The second-order valence-electron chi connectivity index (χ2n) is 6.76. The number of furan rings is 1. The Morgan fingerprint density at radius 2 is 2.06 bits per heavy atom. The topological polar surface area (TPSA) is 102 Å². The molecule has 0 aliphatic carbocycles. The fourth-order valence-corrected chi connectivity index (χ4v) is 4.74. The Balaban J connectivity index is 1.56. The number of thioether (sulfide) groups is 1. The number of hydrogen-bond donors (Lipinski definition) is 0. The summed E-state index contributed by atoms with van der Waals surface area (Å²) in [7, 11) is 0. The van der Waals surface area contributed by atoms with Crippen molar-refractivity contribution in [3.05, 3.63) is 82.1 Å². The molecule has 0 radical (unpaired) electrons. The lowest BCUT2D eigenvalue weighted by Crippen LogP contribution is -2.25. The summed E-state index contributed by atoms with van der Waals surface area (Å²) in [6.07, 6.45) is 1.52. The van der Waals surface area contributed by atoms with Gasteiger partial charge in [0.25, 0.3) is 0 Å². The van der Waals surface area contributed by atoms with E-state index in [0.717, 1.165) is 20.7 Å². The molecule has 0 atom stereocenters. The maximum absolute atomic E-state index is 13.0. The van der Waals surface area contributed by atoms with Gasteiger partial charge in [-0.15, -0.1) is 11.8 Å². The van der Waals surface area contributed by atoms with Crippen LogP contribution in [0.2, 0.25) is 0 Å². The van der Waals surface area contributed by atoms with Crippen LogP contribution in [0, 0.1) is 17.0 Å². The number of aromatic nitrogens is 1. The molecular formula is C22H18N4O4S2. The van der Waals surface area contributed by atoms with E-state index in [1.807, 2.05) is 55.5 Å². The molecule has 0 unspecified atom stereocenters. The van der Waals surface area contributed by atoms with E-state index in [2.05, 4.69) is 10.1 Å². The first-order chi connectivity index (χ1) is 15.5. The predicted octanol–water partition coefficient (Wildman–Crippen LogP) is 5.66. The molecule has 0 saturated heterocycles. The number of anilines is 1. The summed E-state index contributed by atoms with van der Waals surface area (Å²) in [5, 5.41) is 16.8. The minimum atomic E-state index is -0.628. The largest absolute Gasteiger partial charge is 0.433 e. The van der Waals surface area contributed by atoms with Gasteiger partial charge < -0.3 is 4.42 Å². The second kappa shape index (κ2) is 9.75. The summed E-state index contributed by atoms with van der Waals surface area (Å²) in [6.45, 7) is 1.99. The molecule has 0 aliphatic rings. The van der Waals surface area contributed by atoms with Crippen molar-refractivity contribution in [2.45, 2.75) is 18.2 Å². The molecule has 0 aliphatic heterocycles. The molecule has 4 aromatic rings. The maximum Gasteiger partial charge on any atom is 0.433 e. The Morgan fingerprint density at radius 3 is 2.81 bits per heavy atom. The molecule has 4 rings (SSSR count). The van der Waals surface area contributed by atoms with Gasteiger partial charge >= 0.3 is 5.88 Å². The number of hydrogen-bond acceptors (Lipinski definition) is 8. The number of nitro groups is 1. The number of nitrogens with zero attached hydrogens (tertiary/aromatic N) is 4. The molecule has 8 nitrogen and oxygen atoms in total. The summed E-state index contributed by atoms with van der Waals surface area (Å²) in [5.41, 5.74) is 1.87. The van der Waals surface area contributed by atoms with Gasteiger partial charge in [0.2, 0.25) is 11.0 Å². The van der Waals surface area contributed by atoms with E-state index in [1.165, 1.54) is 34.7 Å². The van der Waals surface area contributed by atoms with Crippen LogP contribution in [-0.4, -0.2) is 27.8 Å². The number of hydrazone groups is 1. The lowest BCUT2D eigenvalue weighted by atomic mass is 10.2. The fourth-order valence-electron chi connectivity index (χ4n) is 2.83. The van der Waals surface area contributed by atoms with Crippen LogP contribution in [0.3, 0.4) is 0 Å². The molecule has 0 saturated carbocycles. The highest BCUT2D eigenvalue weighted by Gasteiger charge is 2.20. The molecule has 162 valence electrons. The SMILES string of the molecule is Cc1ccc2nc(N(/N=C/c3ccc([N+](=O)[O-])o3)C(=O)CCSc3ccccc3)sc2c1. The van der Waals surface area contributed by atoms with Gasteiger partial charge in [-0.25, -0.2) is 4.98 Å². The van der Waals surface area contributed by atoms with Crippen molar-refractivity contribution in [1.82, 2.24) is 4.98 Å². The summed E-state index contributed by atoms with van der Waals surface area (Å²) < 4.78 is 6.06. The summed E-state index contributed by atoms with van der Waals surface area (Å²) in [6, 6.07) is 18.4. The Hall–Kier alpha value is -3.50. The first-order valence-electron chi connectivity index (χ1n) is 9.66. The molecule has 0 bridgehead atoms. The number of carbonyl (C=O) groups is 1. The third-order valence-corrected chi connectivity index (χ3v) is 6.38. The van der Waals surface area contributed by atoms with Crippen LogP contribution in [0.4, 0.5) is 11.0 Å². The van der Waals surface area contributed by atoms with Crippen LogP contribution in [0.5, 0.6) is 0 Å². The Morgan fingerprint density at radius 1 is 1.25 bits per heavy atom. The zero-order valence-electron chi connectivity index (χ0n) is 17.0. The summed E-state index contributed by atoms with van der Waals surface area (Å²) in [5.74, 6) is 0.121. The second-order valence-corrected chi connectivity index (χ2v) is 8.94. The molecule has 10 heteroatoms. The van der Waals surface area contributed by atoms with E-state index in [9.17, 15) is 14.9 Å². The van der Waals surface area contributed by atoms with Crippen molar-refractivity contribution < 1.29 is 14.1 Å². The van der Waals surface area contributed by atoms with E-state index in [-0.39, 0.29) is 24.0 Å². The predicted molar refractivity (Wildman–Crippen MR) is 127 cm³/mol.